The molecule has 1 aliphatic rings. The van der Waals surface area contributed by atoms with E-state index in [1.54, 1.807) is 0 Å². The molecule has 1 aliphatic carbocycles. The summed E-state index contributed by atoms with van der Waals surface area (Å²) < 4.78 is 0. The van der Waals surface area contributed by atoms with Crippen molar-refractivity contribution >= 4 is 17.5 Å². The summed E-state index contributed by atoms with van der Waals surface area (Å²) in [6.45, 7) is 0. The predicted octanol–water partition coefficient (Wildman–Crippen LogP) is 4.30. The van der Waals surface area contributed by atoms with E-state index >= 15 is 0 Å². The SMILES string of the molecule is ClNc1ccc(C2CCCCC2)cc1. The van der Waals surface area contributed by atoms with Crippen LogP contribution in [-0.4, -0.2) is 0 Å². The number of nitrogens with one attached hydrogen (secondary N) is 1. The average molecular weight is 210 g/mol. The second kappa shape index (κ2) is 4.70. The van der Waals surface area contributed by atoms with E-state index in [1.807, 2.05) is 0 Å². The van der Waals surface area contributed by atoms with Crippen molar-refractivity contribution < 1.29 is 0 Å². The summed E-state index contributed by atoms with van der Waals surface area (Å²) >= 11 is 5.52. The first kappa shape index (κ1) is 9.85. The minimum absolute atomic E-state index is 0.785. The van der Waals surface area contributed by atoms with Gasteiger partial charge in [0, 0.05) is 17.5 Å². The topological polar surface area (TPSA) is 12.0 Å². The quantitative estimate of drug-likeness (QED) is 0.717. The van der Waals surface area contributed by atoms with Gasteiger partial charge in [0.1, 0.15) is 0 Å². The van der Waals surface area contributed by atoms with Crippen LogP contribution in [0.5, 0.6) is 0 Å². The first-order valence-corrected chi connectivity index (χ1v) is 5.74. The highest BCUT2D eigenvalue weighted by Crippen LogP contribution is 2.32. The van der Waals surface area contributed by atoms with Crippen LogP contribution in [0.1, 0.15) is 43.6 Å². The standard InChI is InChI=1S/C12H16ClN/c13-14-12-8-6-11(7-9-12)10-4-2-1-3-5-10/h6-10,14H,1-5H2. The minimum Gasteiger partial charge on any atom is -0.299 e. The third kappa shape index (κ3) is 2.21. The van der Waals surface area contributed by atoms with Crippen LogP contribution in [0.4, 0.5) is 5.69 Å². The molecule has 0 spiro atoms. The molecule has 76 valence electrons. The molecule has 0 heterocycles. The van der Waals surface area contributed by atoms with Crippen molar-refractivity contribution in [3.05, 3.63) is 29.8 Å². The Morgan fingerprint density at radius 3 is 2.21 bits per heavy atom. The van der Waals surface area contributed by atoms with Crippen LogP contribution in [0.25, 0.3) is 0 Å². The van der Waals surface area contributed by atoms with E-state index in [4.69, 9.17) is 11.8 Å². The third-order valence-corrected chi connectivity index (χ3v) is 3.31. The zero-order valence-corrected chi connectivity index (χ0v) is 9.06. The molecule has 1 nitrogen and oxygen atoms in total. The molecule has 0 unspecified atom stereocenters. The van der Waals surface area contributed by atoms with E-state index < -0.39 is 0 Å². The summed E-state index contributed by atoms with van der Waals surface area (Å²) in [5.74, 6) is 0.785. The molecule has 14 heavy (non-hydrogen) atoms. The molecule has 1 fully saturated rings. The molecule has 2 heteroatoms. The van der Waals surface area contributed by atoms with Gasteiger partial charge in [-0.1, -0.05) is 31.4 Å². The van der Waals surface area contributed by atoms with E-state index in [-0.39, 0.29) is 0 Å². The van der Waals surface area contributed by atoms with Crippen LogP contribution < -0.4 is 4.84 Å². The Morgan fingerprint density at radius 1 is 1.00 bits per heavy atom. The molecule has 0 aliphatic heterocycles. The van der Waals surface area contributed by atoms with Crippen LogP contribution in [0.3, 0.4) is 0 Å². The Morgan fingerprint density at radius 2 is 1.64 bits per heavy atom. The predicted molar refractivity (Wildman–Crippen MR) is 61.7 cm³/mol. The van der Waals surface area contributed by atoms with Gasteiger partial charge in [-0.3, -0.25) is 4.84 Å². The van der Waals surface area contributed by atoms with Crippen LogP contribution >= 0.6 is 11.8 Å². The van der Waals surface area contributed by atoms with Gasteiger partial charge < -0.3 is 0 Å². The Labute approximate surface area is 90.6 Å². The molecule has 1 aromatic carbocycles. The molecule has 2 rings (SSSR count). The van der Waals surface area contributed by atoms with Gasteiger partial charge in [-0.05, 0) is 36.5 Å². The number of anilines is 1. The lowest BCUT2D eigenvalue weighted by atomic mass is 9.84. The molecule has 1 N–H and O–H groups in total. The van der Waals surface area contributed by atoms with E-state index in [0.717, 1.165) is 11.6 Å². The van der Waals surface area contributed by atoms with Gasteiger partial charge in [0.15, 0.2) is 0 Å². The normalized spacial score (nSPS) is 18.1. The molecule has 1 saturated carbocycles. The summed E-state index contributed by atoms with van der Waals surface area (Å²) in [6, 6.07) is 8.50. The van der Waals surface area contributed by atoms with E-state index in [1.165, 1.54) is 37.7 Å². The van der Waals surface area contributed by atoms with Gasteiger partial charge in [-0.2, -0.15) is 0 Å². The molecular weight excluding hydrogens is 194 g/mol. The highest BCUT2D eigenvalue weighted by Gasteiger charge is 2.14. The zero-order chi connectivity index (χ0) is 9.80. The Hall–Kier alpha value is -0.690. The number of hydrogen-bond acceptors (Lipinski definition) is 1. The minimum atomic E-state index is 0.785. The van der Waals surface area contributed by atoms with Gasteiger partial charge >= 0.3 is 0 Å². The fraction of sp³-hybridized carbons (Fsp3) is 0.500. The molecule has 0 amide bonds. The smallest absolute Gasteiger partial charge is 0.0491 e. The fourth-order valence-electron chi connectivity index (χ4n) is 2.25. The van der Waals surface area contributed by atoms with Crippen molar-refractivity contribution in [2.75, 3.05) is 4.84 Å². The van der Waals surface area contributed by atoms with Crippen molar-refractivity contribution in [3.8, 4) is 0 Å². The second-order valence-electron chi connectivity index (χ2n) is 4.05. The Kier molecular flexibility index (Phi) is 3.30. The van der Waals surface area contributed by atoms with Crippen molar-refractivity contribution in [3.63, 3.8) is 0 Å². The van der Waals surface area contributed by atoms with Gasteiger partial charge in [-0.25, -0.2) is 0 Å². The molecule has 0 radical (unpaired) electrons. The van der Waals surface area contributed by atoms with Crippen molar-refractivity contribution in [2.45, 2.75) is 38.0 Å². The van der Waals surface area contributed by atoms with E-state index in [9.17, 15) is 0 Å². The van der Waals surface area contributed by atoms with Gasteiger partial charge in [0.25, 0.3) is 0 Å². The number of hydrogen-bond donors (Lipinski definition) is 1. The van der Waals surface area contributed by atoms with Gasteiger partial charge in [0.05, 0.1) is 0 Å². The van der Waals surface area contributed by atoms with Gasteiger partial charge in [0.2, 0.25) is 0 Å². The van der Waals surface area contributed by atoms with E-state index in [2.05, 4.69) is 29.1 Å². The van der Waals surface area contributed by atoms with Gasteiger partial charge in [-0.15, -0.1) is 0 Å². The van der Waals surface area contributed by atoms with Crippen molar-refractivity contribution in [2.24, 2.45) is 0 Å². The number of benzene rings is 1. The lowest BCUT2D eigenvalue weighted by Gasteiger charge is -2.21. The monoisotopic (exact) mass is 209 g/mol. The van der Waals surface area contributed by atoms with Crippen LogP contribution in [-0.2, 0) is 0 Å². The van der Waals surface area contributed by atoms with Crippen LogP contribution in [0.15, 0.2) is 24.3 Å². The zero-order valence-electron chi connectivity index (χ0n) is 8.30. The summed E-state index contributed by atoms with van der Waals surface area (Å²) in [5.41, 5.74) is 2.45. The molecule has 0 atom stereocenters. The largest absolute Gasteiger partial charge is 0.299 e. The van der Waals surface area contributed by atoms with Crippen LogP contribution in [0.2, 0.25) is 0 Å². The highest BCUT2D eigenvalue weighted by atomic mass is 35.5. The maximum absolute atomic E-state index is 5.52. The molecule has 0 saturated heterocycles. The summed E-state index contributed by atoms with van der Waals surface area (Å²) in [5, 5.41) is 0. The maximum Gasteiger partial charge on any atom is 0.0491 e. The van der Waals surface area contributed by atoms with Crippen molar-refractivity contribution in [1.82, 2.24) is 0 Å². The average Bonchev–Trinajstić information content (AvgIpc) is 2.30. The maximum atomic E-state index is 5.52. The lowest BCUT2D eigenvalue weighted by Crippen LogP contribution is -2.04. The summed E-state index contributed by atoms with van der Waals surface area (Å²) in [7, 11) is 0. The molecular formula is C12H16ClN. The molecule has 0 aromatic heterocycles. The molecule has 1 aromatic rings. The Balaban J connectivity index is 2.07. The summed E-state index contributed by atoms with van der Waals surface area (Å²) in [4.78, 5) is 2.63. The fourth-order valence-corrected chi connectivity index (χ4v) is 2.38. The Bertz CT molecular complexity index is 275. The number of rotatable bonds is 2. The van der Waals surface area contributed by atoms with E-state index in [0.29, 0.717) is 0 Å². The first-order chi connectivity index (χ1) is 6.90. The first-order valence-electron chi connectivity index (χ1n) is 5.37. The second-order valence-corrected chi connectivity index (χ2v) is 4.24. The lowest BCUT2D eigenvalue weighted by molar-refractivity contribution is 0.443. The summed E-state index contributed by atoms with van der Waals surface area (Å²) in [6.07, 6.45) is 6.90. The highest BCUT2D eigenvalue weighted by molar-refractivity contribution is 6.23. The number of halogens is 1. The third-order valence-electron chi connectivity index (χ3n) is 3.10. The molecule has 0 bridgehead atoms. The van der Waals surface area contributed by atoms with Crippen molar-refractivity contribution in [1.29, 1.82) is 0 Å². The van der Waals surface area contributed by atoms with Crippen LogP contribution in [0, 0.1) is 0 Å².